The lowest BCUT2D eigenvalue weighted by molar-refractivity contribution is 0.101. The first-order valence-electron chi connectivity index (χ1n) is 8.53. The van der Waals surface area contributed by atoms with Gasteiger partial charge in [0.2, 0.25) is 0 Å². The number of rotatable bonds is 5. The molecule has 29 heavy (non-hydrogen) atoms. The van der Waals surface area contributed by atoms with Crippen molar-refractivity contribution >= 4 is 5.78 Å². The molecule has 0 atom stereocenters. The van der Waals surface area contributed by atoms with Gasteiger partial charge >= 0.3 is 0 Å². The van der Waals surface area contributed by atoms with Crippen LogP contribution >= 0.6 is 0 Å². The molecule has 8 heteroatoms. The van der Waals surface area contributed by atoms with Crippen molar-refractivity contribution < 1.29 is 27.4 Å². The Hall–Kier alpha value is -3.42. The molecule has 1 heterocycles. The summed E-state index contributed by atoms with van der Waals surface area (Å²) in [7, 11) is 2.89. The maximum Gasteiger partial charge on any atom is 0.180 e. The Kier molecular flexibility index (Phi) is 5.54. The molecule has 0 bridgehead atoms. The maximum absolute atomic E-state index is 14.6. The van der Waals surface area contributed by atoms with Crippen molar-refractivity contribution in [1.29, 1.82) is 0 Å². The first-order chi connectivity index (χ1) is 13.8. The Morgan fingerprint density at radius 2 is 1.38 bits per heavy atom. The van der Waals surface area contributed by atoms with Crippen molar-refractivity contribution in [2.24, 2.45) is 0 Å². The van der Waals surface area contributed by atoms with E-state index in [4.69, 9.17) is 9.47 Å². The minimum Gasteiger partial charge on any atom is -0.497 e. The van der Waals surface area contributed by atoms with E-state index < -0.39 is 28.8 Å². The minimum absolute atomic E-state index is 0.00416. The van der Waals surface area contributed by atoms with Crippen LogP contribution in [0.25, 0.3) is 22.3 Å². The van der Waals surface area contributed by atoms with Crippen LogP contribution < -0.4 is 9.47 Å². The minimum atomic E-state index is -1.12. The zero-order chi connectivity index (χ0) is 21.3. The normalized spacial score (nSPS) is 10.7. The molecular formula is C21H17F3N2O3. The summed E-state index contributed by atoms with van der Waals surface area (Å²) < 4.78 is 53.2. The number of aryl methyl sites for hydroxylation is 1. The van der Waals surface area contributed by atoms with Gasteiger partial charge in [0.25, 0.3) is 0 Å². The molecule has 1 aromatic heterocycles. The van der Waals surface area contributed by atoms with Gasteiger partial charge in [0.15, 0.2) is 5.78 Å². The molecular weight excluding hydrogens is 385 g/mol. The van der Waals surface area contributed by atoms with Gasteiger partial charge in [0, 0.05) is 36.2 Å². The van der Waals surface area contributed by atoms with Gasteiger partial charge in [0.05, 0.1) is 25.5 Å². The first kappa shape index (κ1) is 20.3. The number of ketones is 1. The highest BCUT2D eigenvalue weighted by atomic mass is 19.1. The van der Waals surface area contributed by atoms with Gasteiger partial charge in [-0.2, -0.15) is 5.10 Å². The number of Topliss-reactive ketones (excluding diaryl/α,β-unsaturated/α-hetero) is 1. The third-order valence-electron chi connectivity index (χ3n) is 4.38. The maximum atomic E-state index is 14.6. The number of aromatic nitrogens is 2. The van der Waals surface area contributed by atoms with Gasteiger partial charge in [-0.25, -0.2) is 13.2 Å². The Morgan fingerprint density at radius 3 is 1.86 bits per heavy atom. The number of ether oxygens (including phenoxy) is 2. The second-order valence-electron chi connectivity index (χ2n) is 6.29. The van der Waals surface area contributed by atoms with Gasteiger partial charge in [-0.1, -0.05) is 0 Å². The third kappa shape index (κ3) is 3.78. The standard InChI is InChI=1S/C21H17F3N2O3/c1-10-18(20-16(23)7-13(22)8-17(20)24)19(21(11(2)27)26-25-10)12-5-14(28-3)9-15(6-12)29-4/h5-9H,1-4H3. The van der Waals surface area contributed by atoms with Crippen LogP contribution in [0.2, 0.25) is 0 Å². The fraction of sp³-hybridized carbons (Fsp3) is 0.190. The highest BCUT2D eigenvalue weighted by Gasteiger charge is 2.26. The molecule has 0 fully saturated rings. The van der Waals surface area contributed by atoms with Crippen molar-refractivity contribution in [2.45, 2.75) is 13.8 Å². The summed E-state index contributed by atoms with van der Waals surface area (Å²) in [5.74, 6) is -2.96. The largest absolute Gasteiger partial charge is 0.497 e. The topological polar surface area (TPSA) is 61.3 Å². The van der Waals surface area contributed by atoms with Crippen molar-refractivity contribution in [1.82, 2.24) is 10.2 Å². The second kappa shape index (κ2) is 7.90. The number of methoxy groups -OCH3 is 2. The highest BCUT2D eigenvalue weighted by molar-refractivity contribution is 6.03. The molecule has 5 nitrogen and oxygen atoms in total. The zero-order valence-electron chi connectivity index (χ0n) is 16.1. The molecule has 0 radical (unpaired) electrons. The Bertz CT molecular complexity index is 1070. The number of benzene rings is 2. The SMILES string of the molecule is COc1cc(OC)cc(-c2c(C(C)=O)nnc(C)c2-c2c(F)cc(F)cc2F)c1. The zero-order valence-corrected chi connectivity index (χ0v) is 16.1. The second-order valence-corrected chi connectivity index (χ2v) is 6.29. The summed E-state index contributed by atoms with van der Waals surface area (Å²) >= 11 is 0. The lowest BCUT2D eigenvalue weighted by Gasteiger charge is -2.17. The van der Waals surface area contributed by atoms with Gasteiger partial charge in [0.1, 0.15) is 34.6 Å². The molecule has 150 valence electrons. The van der Waals surface area contributed by atoms with E-state index in [2.05, 4.69) is 10.2 Å². The molecule has 3 rings (SSSR count). The van der Waals surface area contributed by atoms with Crippen LogP contribution in [0.15, 0.2) is 30.3 Å². The van der Waals surface area contributed by atoms with E-state index in [-0.39, 0.29) is 22.5 Å². The number of halogens is 3. The quantitative estimate of drug-likeness (QED) is 0.576. The van der Waals surface area contributed by atoms with Crippen molar-refractivity contribution in [2.75, 3.05) is 14.2 Å². The van der Waals surface area contributed by atoms with E-state index in [1.165, 1.54) is 28.1 Å². The first-order valence-corrected chi connectivity index (χ1v) is 8.53. The van der Waals surface area contributed by atoms with E-state index in [1.807, 2.05) is 0 Å². The lowest BCUT2D eigenvalue weighted by atomic mass is 9.90. The summed E-state index contributed by atoms with van der Waals surface area (Å²) in [6, 6.07) is 5.91. The van der Waals surface area contributed by atoms with E-state index in [9.17, 15) is 18.0 Å². The summed E-state index contributed by atoms with van der Waals surface area (Å²) in [4.78, 5) is 12.3. The van der Waals surface area contributed by atoms with Crippen LogP contribution in [0, 0.1) is 24.4 Å². The van der Waals surface area contributed by atoms with Gasteiger partial charge in [-0.3, -0.25) is 4.79 Å². The molecule has 3 aromatic rings. The molecule has 0 aliphatic rings. The van der Waals surface area contributed by atoms with Crippen molar-refractivity contribution in [3.05, 3.63) is 59.2 Å². The molecule has 0 saturated carbocycles. The number of carbonyl (C=O) groups excluding carboxylic acids is 1. The van der Waals surface area contributed by atoms with Crippen molar-refractivity contribution in [3.8, 4) is 33.8 Å². The summed E-state index contributed by atoms with van der Waals surface area (Å²) in [5, 5.41) is 7.82. The Balaban J connectivity index is 2.47. The molecule has 0 unspecified atom stereocenters. The molecule has 0 N–H and O–H groups in total. The average Bonchev–Trinajstić information content (AvgIpc) is 2.67. The van der Waals surface area contributed by atoms with Crippen LogP contribution in [0.5, 0.6) is 11.5 Å². The Labute approximate surface area is 165 Å². The fourth-order valence-electron chi connectivity index (χ4n) is 3.09. The van der Waals surface area contributed by atoms with Gasteiger partial charge in [-0.15, -0.1) is 5.10 Å². The van der Waals surface area contributed by atoms with Crippen LogP contribution in [0.1, 0.15) is 23.1 Å². The summed E-state index contributed by atoms with van der Waals surface area (Å²) in [6.45, 7) is 2.76. The average molecular weight is 402 g/mol. The smallest absolute Gasteiger partial charge is 0.180 e. The molecule has 0 aliphatic heterocycles. The molecule has 0 amide bonds. The predicted molar refractivity (Wildman–Crippen MR) is 101 cm³/mol. The third-order valence-corrected chi connectivity index (χ3v) is 4.38. The fourth-order valence-corrected chi connectivity index (χ4v) is 3.09. The van der Waals surface area contributed by atoms with Crippen molar-refractivity contribution in [3.63, 3.8) is 0 Å². The van der Waals surface area contributed by atoms with Gasteiger partial charge in [-0.05, 0) is 24.6 Å². The number of carbonyl (C=O) groups is 1. The van der Waals surface area contributed by atoms with Crippen LogP contribution in [-0.4, -0.2) is 30.2 Å². The monoisotopic (exact) mass is 402 g/mol. The Morgan fingerprint density at radius 1 is 0.828 bits per heavy atom. The van der Waals surface area contributed by atoms with E-state index in [0.717, 1.165) is 0 Å². The van der Waals surface area contributed by atoms with E-state index in [1.54, 1.807) is 18.2 Å². The molecule has 0 aliphatic carbocycles. The van der Waals surface area contributed by atoms with Crippen LogP contribution in [-0.2, 0) is 0 Å². The lowest BCUT2D eigenvalue weighted by Crippen LogP contribution is -2.08. The number of hydrogen-bond donors (Lipinski definition) is 0. The van der Waals surface area contributed by atoms with E-state index in [0.29, 0.717) is 29.2 Å². The van der Waals surface area contributed by atoms with E-state index >= 15 is 0 Å². The van der Waals surface area contributed by atoms with Crippen LogP contribution in [0.4, 0.5) is 13.2 Å². The summed E-state index contributed by atoms with van der Waals surface area (Å²) in [6.07, 6.45) is 0. The summed E-state index contributed by atoms with van der Waals surface area (Å²) in [5.41, 5.74) is 0.0861. The molecule has 0 saturated heterocycles. The number of nitrogens with zero attached hydrogens (tertiary/aromatic N) is 2. The number of hydrogen-bond acceptors (Lipinski definition) is 5. The highest BCUT2D eigenvalue weighted by Crippen LogP contribution is 2.41. The van der Waals surface area contributed by atoms with Gasteiger partial charge < -0.3 is 9.47 Å². The predicted octanol–water partition coefficient (Wildman–Crippen LogP) is 4.76. The molecule has 2 aromatic carbocycles. The van der Waals surface area contributed by atoms with Crippen LogP contribution in [0.3, 0.4) is 0 Å². The molecule has 0 spiro atoms.